The number of aliphatic carboxylic acids is 2. The van der Waals surface area contributed by atoms with Crippen LogP contribution in [-0.2, 0) is 16.1 Å². The third kappa shape index (κ3) is 6.25. The molecule has 2 atom stereocenters. The van der Waals surface area contributed by atoms with Gasteiger partial charge in [0.2, 0.25) is 5.95 Å². The fourth-order valence-electron chi connectivity index (χ4n) is 3.39. The molecular formula is C19H31N7O5. The van der Waals surface area contributed by atoms with Crippen LogP contribution in [0, 0.1) is 17.8 Å². The molecule has 0 fully saturated rings. The van der Waals surface area contributed by atoms with Crippen LogP contribution in [0.25, 0.3) is 11.2 Å². The van der Waals surface area contributed by atoms with Crippen molar-refractivity contribution >= 4 is 29.1 Å². The molecule has 2 aromatic rings. The molecule has 0 aromatic carbocycles. The predicted molar refractivity (Wildman–Crippen MR) is 115 cm³/mol. The highest BCUT2D eigenvalue weighted by Gasteiger charge is 2.25. The number of nitrogens with two attached hydrogens (primary N) is 1. The zero-order chi connectivity index (χ0) is 23.3. The summed E-state index contributed by atoms with van der Waals surface area (Å²) in [6, 6.07) is -1.50. The van der Waals surface area contributed by atoms with Crippen LogP contribution < -0.4 is 21.9 Å². The van der Waals surface area contributed by atoms with E-state index >= 15 is 0 Å². The SMILES string of the molecule is CC(C)[C@H](NCC(CN[C@H](C(=O)O)C(C)C)Cn1cnc2c(=O)[nH]c(N)nc21)C(=O)O. The molecule has 2 heterocycles. The van der Waals surface area contributed by atoms with Gasteiger partial charge in [0.15, 0.2) is 11.2 Å². The van der Waals surface area contributed by atoms with Crippen molar-refractivity contribution in [2.24, 2.45) is 17.8 Å². The molecule has 0 saturated carbocycles. The van der Waals surface area contributed by atoms with Gasteiger partial charge in [-0.3, -0.25) is 19.4 Å². The van der Waals surface area contributed by atoms with Crippen molar-refractivity contribution in [2.75, 3.05) is 18.8 Å². The fourth-order valence-corrected chi connectivity index (χ4v) is 3.39. The number of imidazole rings is 1. The standard InChI is InChI=1S/C19H31N7O5/c1-9(2)12(17(28)29)21-5-11(6-22-13(10(3)4)18(30)31)7-26-8-23-14-15(26)24-19(20)25-16(14)27/h8-13,21-22H,5-7H2,1-4H3,(H,28,29)(H,30,31)(H3,20,24,25,27)/t12-,13-/m0/s1. The summed E-state index contributed by atoms with van der Waals surface area (Å²) in [6.45, 7) is 8.14. The van der Waals surface area contributed by atoms with Crippen LogP contribution in [0.2, 0.25) is 0 Å². The summed E-state index contributed by atoms with van der Waals surface area (Å²) in [5.74, 6) is -2.45. The van der Waals surface area contributed by atoms with Crippen LogP contribution in [0.3, 0.4) is 0 Å². The van der Waals surface area contributed by atoms with Gasteiger partial charge in [-0.25, -0.2) is 4.98 Å². The number of anilines is 1. The van der Waals surface area contributed by atoms with Gasteiger partial charge in [0.05, 0.1) is 6.33 Å². The molecule has 0 saturated heterocycles. The van der Waals surface area contributed by atoms with Gasteiger partial charge < -0.3 is 31.1 Å². The third-order valence-corrected chi connectivity index (χ3v) is 5.07. The van der Waals surface area contributed by atoms with Gasteiger partial charge in [-0.1, -0.05) is 27.7 Å². The number of nitrogen functional groups attached to an aromatic ring is 1. The van der Waals surface area contributed by atoms with Gasteiger partial charge in [-0.2, -0.15) is 4.98 Å². The maximum Gasteiger partial charge on any atom is 0.320 e. The first kappa shape index (κ1) is 24.3. The number of fused-ring (bicyclic) bond motifs is 1. The molecule has 12 heteroatoms. The van der Waals surface area contributed by atoms with E-state index in [1.54, 1.807) is 32.3 Å². The highest BCUT2D eigenvalue weighted by molar-refractivity contribution is 5.74. The number of carboxylic acid groups (broad SMARTS) is 2. The number of H-pyrrole nitrogens is 1. The number of hydrogen-bond acceptors (Lipinski definition) is 8. The number of hydrogen-bond donors (Lipinski definition) is 6. The maximum absolute atomic E-state index is 12.0. The van der Waals surface area contributed by atoms with Crippen molar-refractivity contribution in [1.29, 1.82) is 0 Å². The number of carboxylic acids is 2. The van der Waals surface area contributed by atoms with Crippen molar-refractivity contribution in [1.82, 2.24) is 30.2 Å². The highest BCUT2D eigenvalue weighted by Crippen LogP contribution is 2.12. The van der Waals surface area contributed by atoms with Crippen molar-refractivity contribution in [3.05, 3.63) is 16.7 Å². The largest absolute Gasteiger partial charge is 0.480 e. The summed E-state index contributed by atoms with van der Waals surface area (Å²) in [5.41, 5.74) is 5.65. The lowest BCUT2D eigenvalue weighted by molar-refractivity contribution is -0.141. The topological polar surface area (TPSA) is 188 Å². The molecule has 0 aliphatic rings. The zero-order valence-electron chi connectivity index (χ0n) is 18.1. The van der Waals surface area contributed by atoms with E-state index in [0.29, 0.717) is 25.3 Å². The van der Waals surface area contributed by atoms with Crippen LogP contribution in [-0.4, -0.2) is 66.8 Å². The van der Waals surface area contributed by atoms with Gasteiger partial charge in [0.1, 0.15) is 12.1 Å². The molecule has 2 aromatic heterocycles. The van der Waals surface area contributed by atoms with Crippen molar-refractivity contribution in [3.8, 4) is 0 Å². The Kier molecular flexibility index (Phi) is 8.11. The summed E-state index contributed by atoms with van der Waals surface area (Å²) in [7, 11) is 0. The Morgan fingerprint density at radius 3 is 2.06 bits per heavy atom. The van der Waals surface area contributed by atoms with Crippen molar-refractivity contribution < 1.29 is 19.8 Å². The normalized spacial score (nSPS) is 13.9. The van der Waals surface area contributed by atoms with Gasteiger partial charge in [-0.05, 0) is 11.8 Å². The Labute approximate surface area is 179 Å². The zero-order valence-corrected chi connectivity index (χ0v) is 18.1. The Morgan fingerprint density at radius 1 is 1.10 bits per heavy atom. The van der Waals surface area contributed by atoms with E-state index < -0.39 is 29.6 Å². The quantitative estimate of drug-likeness (QED) is 0.257. The first-order chi connectivity index (χ1) is 14.5. The molecule has 31 heavy (non-hydrogen) atoms. The molecular weight excluding hydrogens is 406 g/mol. The van der Waals surface area contributed by atoms with Crippen LogP contribution in [0.5, 0.6) is 0 Å². The van der Waals surface area contributed by atoms with E-state index in [9.17, 15) is 24.6 Å². The minimum atomic E-state index is -0.957. The minimum Gasteiger partial charge on any atom is -0.480 e. The van der Waals surface area contributed by atoms with E-state index in [0.717, 1.165) is 0 Å². The molecule has 0 aliphatic heterocycles. The average Bonchev–Trinajstić information content (AvgIpc) is 3.03. The minimum absolute atomic E-state index is 0.0384. The molecule has 2 rings (SSSR count). The van der Waals surface area contributed by atoms with Gasteiger partial charge in [0.25, 0.3) is 5.56 Å². The number of aromatic amines is 1. The second-order valence-corrected chi connectivity index (χ2v) is 8.32. The lowest BCUT2D eigenvalue weighted by atomic mass is 10.0. The number of carbonyl (C=O) groups is 2. The van der Waals surface area contributed by atoms with Crippen LogP contribution >= 0.6 is 0 Å². The number of aromatic nitrogens is 4. The lowest BCUT2D eigenvalue weighted by Gasteiger charge is -2.26. The van der Waals surface area contributed by atoms with E-state index in [4.69, 9.17) is 5.73 Å². The molecule has 0 bridgehead atoms. The second kappa shape index (κ2) is 10.4. The summed E-state index contributed by atoms with van der Waals surface area (Å²) in [6.07, 6.45) is 1.47. The number of nitrogens with one attached hydrogen (secondary N) is 3. The third-order valence-electron chi connectivity index (χ3n) is 5.07. The smallest absolute Gasteiger partial charge is 0.320 e. The average molecular weight is 438 g/mol. The Balaban J connectivity index is 2.25. The number of nitrogens with zero attached hydrogens (tertiary/aromatic N) is 3. The van der Waals surface area contributed by atoms with E-state index in [-0.39, 0.29) is 29.2 Å². The molecule has 0 unspecified atom stereocenters. The highest BCUT2D eigenvalue weighted by atomic mass is 16.4. The van der Waals surface area contributed by atoms with E-state index in [1.165, 1.54) is 6.33 Å². The van der Waals surface area contributed by atoms with Gasteiger partial charge >= 0.3 is 11.9 Å². The molecule has 172 valence electrons. The first-order valence-corrected chi connectivity index (χ1v) is 10.1. The summed E-state index contributed by atoms with van der Waals surface area (Å²) < 4.78 is 1.66. The Morgan fingerprint density at radius 2 is 1.61 bits per heavy atom. The van der Waals surface area contributed by atoms with Gasteiger partial charge in [-0.15, -0.1) is 0 Å². The van der Waals surface area contributed by atoms with Crippen molar-refractivity contribution in [2.45, 2.75) is 46.3 Å². The summed E-state index contributed by atoms with van der Waals surface area (Å²) >= 11 is 0. The molecule has 0 aliphatic carbocycles. The summed E-state index contributed by atoms with van der Waals surface area (Å²) in [5, 5.41) is 25.0. The fraction of sp³-hybridized carbons (Fsp3) is 0.632. The lowest BCUT2D eigenvalue weighted by Crippen LogP contribution is -2.48. The van der Waals surface area contributed by atoms with Crippen LogP contribution in [0.15, 0.2) is 11.1 Å². The molecule has 12 nitrogen and oxygen atoms in total. The van der Waals surface area contributed by atoms with Crippen LogP contribution in [0.4, 0.5) is 5.95 Å². The predicted octanol–water partition coefficient (Wildman–Crippen LogP) is -0.284. The van der Waals surface area contributed by atoms with E-state index in [1.807, 2.05) is 0 Å². The van der Waals surface area contributed by atoms with Crippen LogP contribution in [0.1, 0.15) is 27.7 Å². The Bertz CT molecular complexity index is 938. The van der Waals surface area contributed by atoms with E-state index in [2.05, 4.69) is 25.6 Å². The molecule has 0 spiro atoms. The molecule has 0 amide bonds. The number of rotatable bonds is 12. The second-order valence-electron chi connectivity index (χ2n) is 8.32. The van der Waals surface area contributed by atoms with Crippen molar-refractivity contribution in [3.63, 3.8) is 0 Å². The maximum atomic E-state index is 12.0. The monoisotopic (exact) mass is 437 g/mol. The van der Waals surface area contributed by atoms with Gasteiger partial charge in [0, 0.05) is 25.6 Å². The first-order valence-electron chi connectivity index (χ1n) is 10.1. The molecule has 0 radical (unpaired) electrons. The molecule has 7 N–H and O–H groups in total. The summed E-state index contributed by atoms with van der Waals surface area (Å²) in [4.78, 5) is 45.7. The Hall–Kier alpha value is -2.99.